The fourth-order valence-corrected chi connectivity index (χ4v) is 3.42. The molecule has 24 heavy (non-hydrogen) atoms. The van der Waals surface area contributed by atoms with E-state index in [1.54, 1.807) is 0 Å². The minimum Gasteiger partial charge on any atom is -0.341 e. The van der Waals surface area contributed by atoms with Gasteiger partial charge in [-0.2, -0.15) is 0 Å². The lowest BCUT2D eigenvalue weighted by Gasteiger charge is -2.39. The van der Waals surface area contributed by atoms with Gasteiger partial charge in [-0.25, -0.2) is 4.79 Å². The van der Waals surface area contributed by atoms with Crippen molar-refractivity contribution in [1.29, 1.82) is 0 Å². The summed E-state index contributed by atoms with van der Waals surface area (Å²) in [7, 11) is 0. The van der Waals surface area contributed by atoms with Crippen molar-refractivity contribution in [2.45, 2.75) is 65.0 Å². The van der Waals surface area contributed by atoms with Crippen molar-refractivity contribution in [3.63, 3.8) is 0 Å². The summed E-state index contributed by atoms with van der Waals surface area (Å²) in [5, 5.41) is 3.01. The van der Waals surface area contributed by atoms with E-state index in [1.165, 1.54) is 12.8 Å². The highest BCUT2D eigenvalue weighted by Crippen LogP contribution is 2.14. The summed E-state index contributed by atoms with van der Waals surface area (Å²) >= 11 is 0. The molecule has 2 fully saturated rings. The number of likely N-dealkylation sites (tertiary alicyclic amines) is 1. The maximum absolute atomic E-state index is 12.7. The van der Waals surface area contributed by atoms with Crippen LogP contribution in [0.25, 0.3) is 0 Å². The molecule has 0 aromatic heterocycles. The summed E-state index contributed by atoms with van der Waals surface area (Å²) in [6.45, 7) is 12.7. The Morgan fingerprint density at radius 2 is 1.38 bits per heavy atom. The first-order valence-corrected chi connectivity index (χ1v) is 9.38. The first-order valence-electron chi connectivity index (χ1n) is 9.38. The minimum atomic E-state index is -0.218. The van der Waals surface area contributed by atoms with Crippen LogP contribution in [0.3, 0.4) is 0 Å². The van der Waals surface area contributed by atoms with Gasteiger partial charge in [-0.3, -0.25) is 9.69 Å². The van der Waals surface area contributed by atoms with Gasteiger partial charge < -0.3 is 15.1 Å². The third kappa shape index (κ3) is 5.36. The lowest BCUT2D eigenvalue weighted by molar-refractivity contribution is -0.136. The Hall–Kier alpha value is -1.30. The van der Waals surface area contributed by atoms with Gasteiger partial charge in [0.25, 0.3) is 0 Å². The Morgan fingerprint density at radius 1 is 0.833 bits per heavy atom. The van der Waals surface area contributed by atoms with Gasteiger partial charge in [-0.05, 0) is 40.5 Å². The number of nitrogens with one attached hydrogen (secondary N) is 1. The van der Waals surface area contributed by atoms with Crippen molar-refractivity contribution >= 4 is 11.9 Å². The van der Waals surface area contributed by atoms with Crippen LogP contribution in [-0.2, 0) is 4.79 Å². The average molecular weight is 338 g/mol. The van der Waals surface area contributed by atoms with Crippen LogP contribution < -0.4 is 5.32 Å². The van der Waals surface area contributed by atoms with E-state index in [2.05, 4.69) is 10.2 Å². The van der Waals surface area contributed by atoms with Gasteiger partial charge in [0.2, 0.25) is 5.91 Å². The topological polar surface area (TPSA) is 55.9 Å². The molecule has 0 spiro atoms. The second-order valence-electron chi connectivity index (χ2n) is 8.12. The Bertz CT molecular complexity index is 431. The van der Waals surface area contributed by atoms with E-state index in [-0.39, 0.29) is 23.5 Å². The normalized spacial score (nSPS) is 22.0. The van der Waals surface area contributed by atoms with Gasteiger partial charge in [-0.1, -0.05) is 12.8 Å². The number of rotatable bonds is 2. The van der Waals surface area contributed by atoms with E-state index in [4.69, 9.17) is 0 Å². The Morgan fingerprint density at radius 3 is 1.88 bits per heavy atom. The maximum Gasteiger partial charge on any atom is 0.317 e. The largest absolute Gasteiger partial charge is 0.341 e. The lowest BCUT2D eigenvalue weighted by Crippen LogP contribution is -2.58. The second kappa shape index (κ2) is 8.19. The summed E-state index contributed by atoms with van der Waals surface area (Å²) in [4.78, 5) is 31.1. The molecule has 0 unspecified atom stereocenters. The predicted molar refractivity (Wildman–Crippen MR) is 95.9 cm³/mol. The van der Waals surface area contributed by atoms with Crippen LogP contribution in [-0.4, -0.2) is 77.5 Å². The molecule has 0 saturated carbocycles. The van der Waals surface area contributed by atoms with E-state index in [1.807, 2.05) is 37.5 Å². The van der Waals surface area contributed by atoms with Crippen LogP contribution in [0.4, 0.5) is 4.79 Å². The molecular weight excluding hydrogens is 304 g/mol. The van der Waals surface area contributed by atoms with Gasteiger partial charge in [-0.15, -0.1) is 0 Å². The van der Waals surface area contributed by atoms with E-state index >= 15 is 0 Å². The van der Waals surface area contributed by atoms with Gasteiger partial charge in [0, 0.05) is 44.8 Å². The highest BCUT2D eigenvalue weighted by Gasteiger charge is 2.30. The van der Waals surface area contributed by atoms with Gasteiger partial charge in [0.15, 0.2) is 0 Å². The van der Waals surface area contributed by atoms with E-state index in [9.17, 15) is 9.59 Å². The monoisotopic (exact) mass is 338 g/mol. The predicted octanol–water partition coefficient (Wildman–Crippen LogP) is 1.90. The molecule has 6 heteroatoms. The number of carbonyl (C=O) groups is 2. The average Bonchev–Trinajstić information content (AvgIpc) is 2.81. The maximum atomic E-state index is 12.7. The molecule has 0 bridgehead atoms. The van der Waals surface area contributed by atoms with Crippen molar-refractivity contribution in [3.8, 4) is 0 Å². The molecule has 2 rings (SSSR count). The molecule has 138 valence electrons. The van der Waals surface area contributed by atoms with Gasteiger partial charge in [0.05, 0.1) is 6.04 Å². The third-order valence-corrected chi connectivity index (χ3v) is 4.91. The first-order chi connectivity index (χ1) is 11.3. The summed E-state index contributed by atoms with van der Waals surface area (Å²) in [6.07, 6.45) is 4.72. The molecule has 2 aliphatic heterocycles. The van der Waals surface area contributed by atoms with Crippen molar-refractivity contribution in [2.75, 3.05) is 39.3 Å². The number of piperazine rings is 1. The Kier molecular flexibility index (Phi) is 6.49. The highest BCUT2D eigenvalue weighted by atomic mass is 16.2. The van der Waals surface area contributed by atoms with Crippen LogP contribution in [0, 0.1) is 0 Å². The van der Waals surface area contributed by atoms with Gasteiger partial charge in [0.1, 0.15) is 0 Å². The summed E-state index contributed by atoms with van der Waals surface area (Å²) in [5.41, 5.74) is -0.218. The molecular formula is C18H34N4O2. The van der Waals surface area contributed by atoms with Crippen LogP contribution in [0.1, 0.15) is 53.4 Å². The fourth-order valence-electron chi connectivity index (χ4n) is 3.42. The number of carbonyl (C=O) groups excluding carboxylic acids is 2. The molecule has 0 aliphatic carbocycles. The van der Waals surface area contributed by atoms with Crippen LogP contribution in [0.5, 0.6) is 0 Å². The van der Waals surface area contributed by atoms with Crippen LogP contribution in [0.2, 0.25) is 0 Å². The quantitative estimate of drug-likeness (QED) is 0.837. The molecule has 1 atom stereocenters. The second-order valence-corrected chi connectivity index (χ2v) is 8.12. The molecule has 0 aromatic carbocycles. The number of nitrogens with zero attached hydrogens (tertiary/aromatic N) is 3. The number of hydrogen-bond acceptors (Lipinski definition) is 3. The minimum absolute atomic E-state index is 0.00588. The fraction of sp³-hybridized carbons (Fsp3) is 0.889. The number of amides is 3. The first kappa shape index (κ1) is 19.0. The van der Waals surface area contributed by atoms with Crippen molar-refractivity contribution in [3.05, 3.63) is 0 Å². The van der Waals surface area contributed by atoms with Crippen LogP contribution in [0.15, 0.2) is 0 Å². The number of urea groups is 1. The zero-order valence-corrected chi connectivity index (χ0v) is 15.8. The SMILES string of the molecule is C[C@H](C(=O)N1CCCCCC1)N1CCN(C(=O)NC(C)(C)C)CC1. The molecule has 2 saturated heterocycles. The number of hydrogen-bond donors (Lipinski definition) is 1. The molecule has 6 nitrogen and oxygen atoms in total. The standard InChI is InChI=1S/C18H34N4O2/c1-15(16(23)21-9-7-5-6-8-10-21)20-11-13-22(14-12-20)17(24)19-18(2,3)4/h15H,5-14H2,1-4H3,(H,19,24)/t15-/m1/s1. The molecule has 3 amide bonds. The van der Waals surface area contributed by atoms with E-state index < -0.39 is 0 Å². The zero-order valence-electron chi connectivity index (χ0n) is 15.8. The van der Waals surface area contributed by atoms with Crippen molar-refractivity contribution in [1.82, 2.24) is 20.0 Å². The smallest absolute Gasteiger partial charge is 0.317 e. The third-order valence-electron chi connectivity index (χ3n) is 4.91. The molecule has 0 aromatic rings. The van der Waals surface area contributed by atoms with Crippen LogP contribution >= 0.6 is 0 Å². The Labute approximate surface area is 146 Å². The zero-order chi connectivity index (χ0) is 17.7. The van der Waals surface area contributed by atoms with Crippen molar-refractivity contribution < 1.29 is 9.59 Å². The van der Waals surface area contributed by atoms with Gasteiger partial charge >= 0.3 is 6.03 Å². The lowest BCUT2D eigenvalue weighted by atomic mass is 10.1. The molecule has 2 heterocycles. The molecule has 0 radical (unpaired) electrons. The summed E-state index contributed by atoms with van der Waals surface area (Å²) in [5.74, 6) is 0.254. The molecule has 1 N–H and O–H groups in total. The Balaban J connectivity index is 1.82. The summed E-state index contributed by atoms with van der Waals surface area (Å²) in [6, 6.07) is -0.0930. The molecule has 2 aliphatic rings. The van der Waals surface area contributed by atoms with E-state index in [0.29, 0.717) is 13.1 Å². The van der Waals surface area contributed by atoms with Crippen molar-refractivity contribution in [2.24, 2.45) is 0 Å². The van der Waals surface area contributed by atoms with E-state index in [0.717, 1.165) is 39.0 Å². The highest BCUT2D eigenvalue weighted by molar-refractivity contribution is 5.81. The summed E-state index contributed by atoms with van der Waals surface area (Å²) < 4.78 is 0.